The number of aryl methyl sites for hydroxylation is 1. The van der Waals surface area contributed by atoms with Gasteiger partial charge in [0.1, 0.15) is 5.69 Å². The number of hydrogen-bond acceptors (Lipinski definition) is 4. The SMILES string of the molecule is CCS(CC)=NC(=O)c1cc(Cl)cc(C)c1NC(=O)c1cc(C(F)(F)F)nn1-c1ncc(Cl)cc1Cl. The number of rotatable bonds is 6. The number of carbonyl (C=O) groups is 2. The summed E-state index contributed by atoms with van der Waals surface area (Å²) in [5.41, 5.74) is -1.38. The molecule has 0 bridgehead atoms. The fourth-order valence-electron chi connectivity index (χ4n) is 3.16. The van der Waals surface area contributed by atoms with Crippen LogP contribution in [0.1, 0.15) is 46.0 Å². The Hall–Kier alpha value is -2.47. The van der Waals surface area contributed by atoms with E-state index < -0.39 is 40.1 Å². The Morgan fingerprint density at radius 2 is 1.75 bits per heavy atom. The van der Waals surface area contributed by atoms with Crippen LogP contribution in [0.4, 0.5) is 18.9 Å². The van der Waals surface area contributed by atoms with E-state index in [-0.39, 0.29) is 32.1 Å². The second kappa shape index (κ2) is 11.3. The van der Waals surface area contributed by atoms with Crippen molar-refractivity contribution in [1.29, 1.82) is 0 Å². The van der Waals surface area contributed by atoms with Crippen molar-refractivity contribution < 1.29 is 22.8 Å². The molecule has 14 heteroatoms. The molecule has 0 atom stereocenters. The van der Waals surface area contributed by atoms with Crippen molar-refractivity contribution in [2.24, 2.45) is 4.36 Å². The number of aromatic nitrogens is 3. The summed E-state index contributed by atoms with van der Waals surface area (Å²) in [5, 5.41) is 6.26. The molecule has 2 heterocycles. The minimum atomic E-state index is -4.86. The summed E-state index contributed by atoms with van der Waals surface area (Å²) in [4.78, 5) is 30.1. The van der Waals surface area contributed by atoms with Crippen LogP contribution in [0.25, 0.3) is 5.82 Å². The fraction of sp³-hybridized carbons (Fsp3) is 0.273. The first-order valence-corrected chi connectivity index (χ1v) is 13.0. The molecule has 0 radical (unpaired) electrons. The maximum Gasteiger partial charge on any atom is 0.435 e. The van der Waals surface area contributed by atoms with E-state index >= 15 is 0 Å². The largest absolute Gasteiger partial charge is 0.435 e. The average molecular weight is 581 g/mol. The van der Waals surface area contributed by atoms with Crippen LogP contribution in [0.3, 0.4) is 0 Å². The topological polar surface area (TPSA) is 89.2 Å². The first kappa shape index (κ1) is 28.1. The van der Waals surface area contributed by atoms with Gasteiger partial charge >= 0.3 is 6.18 Å². The van der Waals surface area contributed by atoms with E-state index in [2.05, 4.69) is 19.8 Å². The first-order chi connectivity index (χ1) is 16.8. The number of halogens is 6. The molecular formula is C22H19Cl3F3N5O2S. The van der Waals surface area contributed by atoms with Gasteiger partial charge in [-0.25, -0.2) is 9.67 Å². The van der Waals surface area contributed by atoms with Gasteiger partial charge in [-0.1, -0.05) is 59.3 Å². The van der Waals surface area contributed by atoms with Gasteiger partial charge in [0.15, 0.2) is 11.5 Å². The molecule has 2 aromatic heterocycles. The molecule has 0 aliphatic rings. The molecule has 3 rings (SSSR count). The molecule has 0 aliphatic carbocycles. The molecule has 2 amide bonds. The lowest BCUT2D eigenvalue weighted by Gasteiger charge is -2.14. The van der Waals surface area contributed by atoms with E-state index in [0.717, 1.165) is 6.20 Å². The monoisotopic (exact) mass is 579 g/mol. The number of hydrogen-bond donors (Lipinski definition) is 1. The van der Waals surface area contributed by atoms with Gasteiger partial charge in [0, 0.05) is 28.8 Å². The number of pyridine rings is 1. The predicted molar refractivity (Wildman–Crippen MR) is 136 cm³/mol. The van der Waals surface area contributed by atoms with Crippen LogP contribution in [0.15, 0.2) is 34.8 Å². The molecule has 0 spiro atoms. The number of alkyl halides is 3. The first-order valence-electron chi connectivity index (χ1n) is 10.4. The summed E-state index contributed by atoms with van der Waals surface area (Å²) in [6, 6.07) is 4.66. The van der Waals surface area contributed by atoms with Crippen molar-refractivity contribution in [3.63, 3.8) is 0 Å². The molecule has 36 heavy (non-hydrogen) atoms. The average Bonchev–Trinajstić information content (AvgIpc) is 3.24. The summed E-state index contributed by atoms with van der Waals surface area (Å²) < 4.78 is 45.3. The molecule has 0 aliphatic heterocycles. The number of anilines is 1. The Kier molecular flexibility index (Phi) is 8.81. The van der Waals surface area contributed by atoms with Crippen molar-refractivity contribution in [2.45, 2.75) is 26.9 Å². The van der Waals surface area contributed by atoms with E-state index in [0.29, 0.717) is 27.8 Å². The number of carbonyl (C=O) groups excluding carboxylic acids is 2. The standard InChI is InChI=1S/C22H19Cl3F3N5O2S/c1-4-36(5-2)32-20(34)14-7-12(23)6-11(3)18(14)30-21(35)16-9-17(22(26,27)28)31-33(16)19-15(25)8-13(24)10-29-19/h6-10H,4-5H2,1-3H3,(H,30,35). The molecule has 0 fully saturated rings. The number of benzene rings is 1. The highest BCUT2D eigenvalue weighted by molar-refractivity contribution is 7.87. The van der Waals surface area contributed by atoms with Gasteiger partial charge in [0.25, 0.3) is 11.8 Å². The Labute approximate surface area is 222 Å². The normalized spacial score (nSPS) is 11.6. The maximum atomic E-state index is 13.5. The molecule has 1 aromatic carbocycles. The van der Waals surface area contributed by atoms with Crippen molar-refractivity contribution in [2.75, 3.05) is 16.8 Å². The van der Waals surface area contributed by atoms with Gasteiger partial charge in [0.05, 0.1) is 21.3 Å². The van der Waals surface area contributed by atoms with Crippen LogP contribution in [0.5, 0.6) is 0 Å². The van der Waals surface area contributed by atoms with Crippen LogP contribution in [-0.4, -0.2) is 38.1 Å². The lowest BCUT2D eigenvalue weighted by atomic mass is 10.1. The van der Waals surface area contributed by atoms with E-state index in [1.807, 2.05) is 13.8 Å². The Balaban J connectivity index is 2.12. The third-order valence-electron chi connectivity index (χ3n) is 4.87. The highest BCUT2D eigenvalue weighted by Crippen LogP contribution is 2.32. The zero-order valence-electron chi connectivity index (χ0n) is 19.1. The third-order valence-corrected chi connectivity index (χ3v) is 7.33. The lowest BCUT2D eigenvalue weighted by molar-refractivity contribution is -0.141. The van der Waals surface area contributed by atoms with Crippen molar-refractivity contribution in [3.8, 4) is 5.82 Å². The number of amides is 2. The van der Waals surface area contributed by atoms with E-state index in [9.17, 15) is 22.8 Å². The van der Waals surface area contributed by atoms with Crippen LogP contribution >= 0.6 is 34.8 Å². The molecule has 192 valence electrons. The van der Waals surface area contributed by atoms with Crippen molar-refractivity contribution >= 4 is 63.0 Å². The van der Waals surface area contributed by atoms with Crippen LogP contribution in [-0.2, 0) is 16.9 Å². The highest BCUT2D eigenvalue weighted by atomic mass is 35.5. The summed E-state index contributed by atoms with van der Waals surface area (Å²) in [5.74, 6) is -0.531. The van der Waals surface area contributed by atoms with E-state index in [1.54, 1.807) is 6.92 Å². The molecule has 1 N–H and O–H groups in total. The fourth-order valence-corrected chi connectivity index (χ4v) is 4.89. The molecule has 3 aromatic rings. The summed E-state index contributed by atoms with van der Waals surface area (Å²) in [6.45, 7) is 5.38. The zero-order chi connectivity index (χ0) is 26.8. The Morgan fingerprint density at radius 1 is 1.08 bits per heavy atom. The Morgan fingerprint density at radius 3 is 2.33 bits per heavy atom. The van der Waals surface area contributed by atoms with E-state index in [4.69, 9.17) is 34.8 Å². The molecule has 0 saturated heterocycles. The third kappa shape index (κ3) is 6.26. The van der Waals surface area contributed by atoms with E-state index in [1.165, 1.54) is 18.2 Å². The van der Waals surface area contributed by atoms with Gasteiger partial charge in [-0.05, 0) is 30.7 Å². The van der Waals surface area contributed by atoms with Crippen LogP contribution < -0.4 is 5.32 Å². The smallest absolute Gasteiger partial charge is 0.320 e. The Bertz CT molecular complexity index is 1370. The van der Waals surface area contributed by atoms with Crippen LogP contribution in [0.2, 0.25) is 15.1 Å². The van der Waals surface area contributed by atoms with Crippen molar-refractivity contribution in [1.82, 2.24) is 14.8 Å². The van der Waals surface area contributed by atoms with Crippen LogP contribution in [0, 0.1) is 6.92 Å². The number of nitrogens with one attached hydrogen (secondary N) is 1. The quantitative estimate of drug-likeness (QED) is 0.348. The van der Waals surface area contributed by atoms with Crippen molar-refractivity contribution in [3.05, 3.63) is 68.0 Å². The molecule has 0 saturated carbocycles. The molecule has 0 unspecified atom stereocenters. The highest BCUT2D eigenvalue weighted by Gasteiger charge is 2.37. The minimum absolute atomic E-state index is 0.0116. The predicted octanol–water partition coefficient (Wildman–Crippen LogP) is 6.79. The van der Waals surface area contributed by atoms with Gasteiger partial charge in [-0.15, -0.1) is 0 Å². The number of nitrogens with zero attached hydrogens (tertiary/aromatic N) is 4. The second-order valence-electron chi connectivity index (χ2n) is 7.32. The van der Waals surface area contributed by atoms with Gasteiger partial charge < -0.3 is 5.32 Å². The summed E-state index contributed by atoms with van der Waals surface area (Å²) >= 11 is 18.1. The molecule has 7 nitrogen and oxygen atoms in total. The van der Waals surface area contributed by atoms with Gasteiger partial charge in [-0.3, -0.25) is 9.59 Å². The molecular weight excluding hydrogens is 562 g/mol. The maximum absolute atomic E-state index is 13.5. The summed E-state index contributed by atoms with van der Waals surface area (Å²) in [7, 11) is -0.532. The second-order valence-corrected chi connectivity index (χ2v) is 10.9. The van der Waals surface area contributed by atoms with Gasteiger partial charge in [-0.2, -0.15) is 22.6 Å². The lowest BCUT2D eigenvalue weighted by Crippen LogP contribution is -2.20. The summed E-state index contributed by atoms with van der Waals surface area (Å²) in [6.07, 6.45) is -3.70. The minimum Gasteiger partial charge on any atom is -0.320 e. The zero-order valence-corrected chi connectivity index (χ0v) is 22.2. The van der Waals surface area contributed by atoms with Gasteiger partial charge in [0.2, 0.25) is 0 Å².